The Morgan fingerprint density at radius 1 is 1.10 bits per heavy atom. The fourth-order valence-electron chi connectivity index (χ4n) is 1.93. The first kappa shape index (κ1) is 19.9. The monoisotopic (exact) mass is 300 g/mol. The summed E-state index contributed by atoms with van der Waals surface area (Å²) in [5, 5.41) is 3.09. The van der Waals surface area contributed by atoms with Crippen molar-refractivity contribution in [3.63, 3.8) is 0 Å². The lowest BCUT2D eigenvalue weighted by molar-refractivity contribution is -0.119. The molecule has 1 N–H and O–H groups in total. The van der Waals surface area contributed by atoms with E-state index in [1.54, 1.807) is 4.90 Å². The highest BCUT2D eigenvalue weighted by atomic mass is 16.6. The Morgan fingerprint density at radius 3 is 1.90 bits per heavy atom. The van der Waals surface area contributed by atoms with Gasteiger partial charge in [-0.3, -0.25) is 4.79 Å². The molecule has 5 nitrogen and oxygen atoms in total. The van der Waals surface area contributed by atoms with Gasteiger partial charge in [-0.25, -0.2) is 4.79 Å². The Morgan fingerprint density at radius 2 is 1.57 bits per heavy atom. The summed E-state index contributed by atoms with van der Waals surface area (Å²) in [6.45, 7) is 13.2. The number of nitrogens with one attached hydrogen (secondary N) is 1. The van der Waals surface area contributed by atoms with E-state index in [1.807, 2.05) is 34.6 Å². The van der Waals surface area contributed by atoms with Gasteiger partial charge in [0.25, 0.3) is 0 Å². The molecule has 0 aromatic rings. The van der Waals surface area contributed by atoms with Crippen LogP contribution in [-0.2, 0) is 9.53 Å². The van der Waals surface area contributed by atoms with Crippen molar-refractivity contribution in [3.8, 4) is 0 Å². The van der Waals surface area contributed by atoms with Gasteiger partial charge in [-0.2, -0.15) is 0 Å². The van der Waals surface area contributed by atoms with Crippen LogP contribution in [0.5, 0.6) is 0 Å². The normalized spacial score (nSPS) is 18.1. The third-order valence-electron chi connectivity index (χ3n) is 2.92. The molecule has 0 aliphatic carbocycles. The number of carbonyl (C=O) groups is 2. The topological polar surface area (TPSA) is 58.6 Å². The maximum atomic E-state index is 11.4. The first-order valence-electron chi connectivity index (χ1n) is 8.09. The predicted octanol–water partition coefficient (Wildman–Crippen LogP) is 2.98. The van der Waals surface area contributed by atoms with Gasteiger partial charge in [-0.05, 0) is 33.6 Å². The number of rotatable bonds is 0. The molecule has 0 bridgehead atoms. The highest BCUT2D eigenvalue weighted by Gasteiger charge is 2.23. The molecule has 2 rings (SSSR count). The van der Waals surface area contributed by atoms with Crippen LogP contribution in [0.25, 0.3) is 0 Å². The van der Waals surface area contributed by atoms with Crippen LogP contribution in [0, 0.1) is 0 Å². The van der Waals surface area contributed by atoms with Gasteiger partial charge in [0.15, 0.2) is 0 Å². The molecule has 2 aliphatic rings. The fourth-order valence-corrected chi connectivity index (χ4v) is 1.93. The van der Waals surface area contributed by atoms with Gasteiger partial charge in [0.1, 0.15) is 11.4 Å². The minimum Gasteiger partial charge on any atom is -0.444 e. The zero-order chi connectivity index (χ0) is 16.3. The number of likely N-dealkylation sites (tertiary alicyclic amines) is 1. The largest absolute Gasteiger partial charge is 0.444 e. The minimum absolute atomic E-state index is 0.167. The quantitative estimate of drug-likeness (QED) is 0.747. The zero-order valence-electron chi connectivity index (χ0n) is 14.3. The molecule has 0 spiro atoms. The lowest BCUT2D eigenvalue weighted by Gasteiger charge is -2.23. The first-order valence-corrected chi connectivity index (χ1v) is 8.09. The second kappa shape index (κ2) is 10.6. The van der Waals surface area contributed by atoms with Crippen LogP contribution < -0.4 is 5.32 Å². The van der Waals surface area contributed by atoms with E-state index in [0.717, 1.165) is 51.9 Å². The van der Waals surface area contributed by atoms with Crippen molar-refractivity contribution >= 4 is 11.9 Å². The summed E-state index contributed by atoms with van der Waals surface area (Å²) in [4.78, 5) is 23.6. The maximum absolute atomic E-state index is 11.4. The Hall–Kier alpha value is -1.10. The molecule has 0 aromatic carbocycles. The zero-order valence-corrected chi connectivity index (χ0v) is 14.3. The Kier molecular flexibility index (Phi) is 10.0. The fraction of sp³-hybridized carbons (Fsp3) is 0.875. The standard InChI is InChI=1S/C9H17NO2.C5H9NO.C2H6/c1-9(2,3)12-8(11)10-6-4-5-7-10;7-5-1-3-6-4-2-5;1-2/h4-7H2,1-3H3;6H,1-4H2;1-2H3. The van der Waals surface area contributed by atoms with Crippen LogP contribution in [0.1, 0.15) is 60.3 Å². The average Bonchev–Trinajstić information content (AvgIpc) is 2.95. The number of hydrogen-bond donors (Lipinski definition) is 1. The van der Waals surface area contributed by atoms with E-state index in [0.29, 0.717) is 5.78 Å². The number of Topliss-reactive ketones (excluding diaryl/α,β-unsaturated/α-hetero) is 1. The summed E-state index contributed by atoms with van der Waals surface area (Å²) in [6.07, 6.45) is 3.53. The van der Waals surface area contributed by atoms with Gasteiger partial charge in [0, 0.05) is 39.0 Å². The highest BCUT2D eigenvalue weighted by Crippen LogP contribution is 2.14. The van der Waals surface area contributed by atoms with Gasteiger partial charge >= 0.3 is 6.09 Å². The molecule has 2 heterocycles. The molecule has 5 heteroatoms. The summed E-state index contributed by atoms with van der Waals surface area (Å²) < 4.78 is 5.21. The molecule has 1 amide bonds. The summed E-state index contributed by atoms with van der Waals surface area (Å²) >= 11 is 0. The van der Waals surface area contributed by atoms with Crippen LogP contribution in [0.4, 0.5) is 4.79 Å². The van der Waals surface area contributed by atoms with E-state index in [2.05, 4.69) is 5.32 Å². The van der Waals surface area contributed by atoms with Crippen LogP contribution in [0.15, 0.2) is 0 Å². The predicted molar refractivity (Wildman–Crippen MR) is 85.5 cm³/mol. The third-order valence-corrected chi connectivity index (χ3v) is 2.92. The lowest BCUT2D eigenvalue weighted by Crippen LogP contribution is -2.34. The molecule has 21 heavy (non-hydrogen) atoms. The molecule has 0 unspecified atom stereocenters. The van der Waals surface area contributed by atoms with E-state index in [4.69, 9.17) is 4.74 Å². The molecular formula is C16H32N2O3. The summed E-state index contributed by atoms with van der Waals surface area (Å²) in [5.74, 6) is 0.402. The van der Waals surface area contributed by atoms with E-state index >= 15 is 0 Å². The van der Waals surface area contributed by atoms with E-state index in [-0.39, 0.29) is 11.7 Å². The highest BCUT2D eigenvalue weighted by molar-refractivity contribution is 5.79. The second-order valence-electron chi connectivity index (χ2n) is 5.96. The molecule has 0 radical (unpaired) electrons. The SMILES string of the molecule is CC.CC(C)(C)OC(=O)N1CCCC1.O=C1CCNCC1. The lowest BCUT2D eigenvalue weighted by atomic mass is 10.1. The molecule has 0 saturated carbocycles. The number of piperidine rings is 1. The van der Waals surface area contributed by atoms with E-state index < -0.39 is 0 Å². The number of nitrogens with zero attached hydrogens (tertiary/aromatic N) is 1. The smallest absolute Gasteiger partial charge is 0.410 e. The van der Waals surface area contributed by atoms with Gasteiger partial charge in [-0.15, -0.1) is 0 Å². The van der Waals surface area contributed by atoms with Crippen LogP contribution in [0.3, 0.4) is 0 Å². The minimum atomic E-state index is -0.361. The van der Waals surface area contributed by atoms with Crippen molar-refractivity contribution < 1.29 is 14.3 Å². The van der Waals surface area contributed by atoms with Crippen LogP contribution in [0.2, 0.25) is 0 Å². The van der Waals surface area contributed by atoms with Gasteiger partial charge in [0.05, 0.1) is 0 Å². The number of carbonyl (C=O) groups excluding carboxylic acids is 2. The average molecular weight is 300 g/mol. The van der Waals surface area contributed by atoms with E-state index in [1.165, 1.54) is 0 Å². The van der Waals surface area contributed by atoms with Crippen molar-refractivity contribution in [1.29, 1.82) is 0 Å². The van der Waals surface area contributed by atoms with Gasteiger partial charge in [0.2, 0.25) is 0 Å². The Bertz CT molecular complexity index is 297. The molecule has 124 valence electrons. The second-order valence-corrected chi connectivity index (χ2v) is 5.96. The van der Waals surface area contributed by atoms with Crippen molar-refractivity contribution in [2.45, 2.75) is 65.9 Å². The molecule has 2 fully saturated rings. The van der Waals surface area contributed by atoms with Crippen LogP contribution in [-0.4, -0.2) is 48.6 Å². The molecule has 0 aromatic heterocycles. The Labute approximate surface area is 129 Å². The van der Waals surface area contributed by atoms with Crippen molar-refractivity contribution in [2.24, 2.45) is 0 Å². The summed E-state index contributed by atoms with van der Waals surface area (Å²) in [7, 11) is 0. The third kappa shape index (κ3) is 10.3. The number of ketones is 1. The summed E-state index contributed by atoms with van der Waals surface area (Å²) in [6, 6.07) is 0. The van der Waals surface area contributed by atoms with Crippen molar-refractivity contribution in [1.82, 2.24) is 10.2 Å². The first-order chi connectivity index (χ1) is 9.88. The van der Waals surface area contributed by atoms with Crippen molar-refractivity contribution in [3.05, 3.63) is 0 Å². The van der Waals surface area contributed by atoms with Crippen molar-refractivity contribution in [2.75, 3.05) is 26.2 Å². The number of amides is 1. The van der Waals surface area contributed by atoms with Gasteiger partial charge < -0.3 is 15.0 Å². The number of ether oxygens (including phenoxy) is 1. The molecule has 2 saturated heterocycles. The molecule has 2 aliphatic heterocycles. The molecule has 0 atom stereocenters. The molecular weight excluding hydrogens is 268 g/mol. The number of hydrogen-bond acceptors (Lipinski definition) is 4. The van der Waals surface area contributed by atoms with E-state index in [9.17, 15) is 9.59 Å². The van der Waals surface area contributed by atoms with Gasteiger partial charge in [-0.1, -0.05) is 13.8 Å². The summed E-state index contributed by atoms with van der Waals surface area (Å²) in [5.41, 5.74) is -0.361. The van der Waals surface area contributed by atoms with Crippen LogP contribution >= 0.6 is 0 Å². The Balaban J connectivity index is 0.000000377. The maximum Gasteiger partial charge on any atom is 0.410 e.